The molecule has 1 unspecified atom stereocenters. The molecule has 0 saturated carbocycles. The number of carboxylic acids is 1. The molecular weight excluding hydrogens is 228 g/mol. The maximum atomic E-state index is 10.2. The topological polar surface area (TPSA) is 49.8 Å². The summed E-state index contributed by atoms with van der Waals surface area (Å²) in [5, 5.41) is 8.41. The van der Waals surface area contributed by atoms with Crippen LogP contribution in [0, 0.1) is 0 Å². The standard InChI is InChI=1S/C8H8.C7H10O3/c1-2-8-6-4-3-5-7-8;1-5(7(8)9)2-3-6-4-10-6/h2-7H,1H2;2,6H,3-4H2,1H3,(H,8,9)/b;5-2+. The average Bonchev–Trinajstić information content (AvgIpc) is 3.21. The SMILES string of the molecule is C/C(=C\CC1CO1)C(=O)O.C=Cc1ccccc1. The highest BCUT2D eigenvalue weighted by Crippen LogP contribution is 2.14. The van der Waals surface area contributed by atoms with Gasteiger partial charge < -0.3 is 9.84 Å². The first-order valence-corrected chi connectivity index (χ1v) is 5.82. The number of carboxylic acid groups (broad SMARTS) is 1. The fourth-order valence-corrected chi connectivity index (χ4v) is 1.19. The lowest BCUT2D eigenvalue weighted by Gasteiger charge is -1.89. The number of benzene rings is 1. The molecule has 0 bridgehead atoms. The number of rotatable bonds is 4. The first kappa shape index (κ1) is 14.2. The minimum atomic E-state index is -0.847. The van der Waals surface area contributed by atoms with Gasteiger partial charge in [0.05, 0.1) is 12.7 Å². The quantitative estimate of drug-likeness (QED) is 0.656. The van der Waals surface area contributed by atoms with E-state index in [4.69, 9.17) is 9.84 Å². The number of carbonyl (C=O) groups is 1. The summed E-state index contributed by atoms with van der Waals surface area (Å²) in [5.41, 5.74) is 1.57. The number of aliphatic carboxylic acids is 1. The number of epoxide rings is 1. The van der Waals surface area contributed by atoms with Crippen LogP contribution >= 0.6 is 0 Å². The molecular formula is C15H18O3. The Morgan fingerprint density at radius 3 is 2.50 bits per heavy atom. The Morgan fingerprint density at radius 1 is 1.50 bits per heavy atom. The van der Waals surface area contributed by atoms with E-state index >= 15 is 0 Å². The molecule has 1 heterocycles. The van der Waals surface area contributed by atoms with E-state index in [2.05, 4.69) is 6.58 Å². The third-order valence-corrected chi connectivity index (χ3v) is 2.46. The number of hydrogen-bond acceptors (Lipinski definition) is 2. The summed E-state index contributed by atoms with van der Waals surface area (Å²) in [5.74, 6) is -0.847. The zero-order valence-corrected chi connectivity index (χ0v) is 10.5. The predicted octanol–water partition coefficient (Wildman–Crippen LogP) is 3.14. The summed E-state index contributed by atoms with van der Waals surface area (Å²) >= 11 is 0. The lowest BCUT2D eigenvalue weighted by molar-refractivity contribution is -0.132. The second-order valence-electron chi connectivity index (χ2n) is 4.00. The van der Waals surface area contributed by atoms with E-state index < -0.39 is 5.97 Å². The van der Waals surface area contributed by atoms with Gasteiger partial charge in [0.2, 0.25) is 0 Å². The molecule has 18 heavy (non-hydrogen) atoms. The van der Waals surface area contributed by atoms with Crippen LogP contribution in [0.15, 0.2) is 48.6 Å². The van der Waals surface area contributed by atoms with Crippen LogP contribution in [0.5, 0.6) is 0 Å². The third-order valence-electron chi connectivity index (χ3n) is 2.46. The van der Waals surface area contributed by atoms with E-state index in [1.54, 1.807) is 13.0 Å². The van der Waals surface area contributed by atoms with Crippen molar-refractivity contribution in [2.45, 2.75) is 19.4 Å². The second-order valence-corrected chi connectivity index (χ2v) is 4.00. The van der Waals surface area contributed by atoms with Gasteiger partial charge in [-0.3, -0.25) is 0 Å². The Morgan fingerprint density at radius 2 is 2.11 bits per heavy atom. The number of ether oxygens (including phenoxy) is 1. The first-order chi connectivity index (χ1) is 8.63. The van der Waals surface area contributed by atoms with Crippen molar-refractivity contribution in [3.63, 3.8) is 0 Å². The Kier molecular flexibility index (Phi) is 5.88. The van der Waals surface area contributed by atoms with Crippen LogP contribution in [0.2, 0.25) is 0 Å². The molecule has 1 aliphatic rings. The molecule has 1 aromatic carbocycles. The Hall–Kier alpha value is -1.87. The van der Waals surface area contributed by atoms with Gasteiger partial charge in [-0.2, -0.15) is 0 Å². The van der Waals surface area contributed by atoms with Crippen molar-refractivity contribution in [2.24, 2.45) is 0 Å². The highest BCUT2D eigenvalue weighted by atomic mass is 16.6. The first-order valence-electron chi connectivity index (χ1n) is 5.82. The Labute approximate surface area is 107 Å². The molecule has 1 saturated heterocycles. The van der Waals surface area contributed by atoms with Crippen molar-refractivity contribution in [1.29, 1.82) is 0 Å². The van der Waals surface area contributed by atoms with E-state index in [9.17, 15) is 4.79 Å². The maximum Gasteiger partial charge on any atom is 0.330 e. The van der Waals surface area contributed by atoms with E-state index in [0.29, 0.717) is 5.57 Å². The van der Waals surface area contributed by atoms with Gasteiger partial charge in [-0.25, -0.2) is 4.79 Å². The monoisotopic (exact) mass is 246 g/mol. The molecule has 0 radical (unpaired) electrons. The van der Waals surface area contributed by atoms with Crippen LogP contribution < -0.4 is 0 Å². The molecule has 1 aromatic rings. The molecule has 1 atom stereocenters. The van der Waals surface area contributed by atoms with Crippen LogP contribution in [0.25, 0.3) is 6.08 Å². The van der Waals surface area contributed by atoms with E-state index in [1.807, 2.05) is 36.4 Å². The molecule has 1 N–H and O–H groups in total. The zero-order valence-electron chi connectivity index (χ0n) is 10.5. The minimum absolute atomic E-state index is 0.286. The van der Waals surface area contributed by atoms with Gasteiger partial charge in [0.25, 0.3) is 0 Å². The van der Waals surface area contributed by atoms with Crippen LogP contribution in [0.1, 0.15) is 18.9 Å². The lowest BCUT2D eigenvalue weighted by Crippen LogP contribution is -1.96. The highest BCUT2D eigenvalue weighted by Gasteiger charge is 2.20. The van der Waals surface area contributed by atoms with Crippen LogP contribution in [-0.4, -0.2) is 23.8 Å². The van der Waals surface area contributed by atoms with Crippen LogP contribution in [-0.2, 0) is 9.53 Å². The lowest BCUT2D eigenvalue weighted by atomic mass is 10.2. The summed E-state index contributed by atoms with van der Waals surface area (Å²) in [4.78, 5) is 10.2. The largest absolute Gasteiger partial charge is 0.478 e. The van der Waals surface area contributed by atoms with Crippen molar-refractivity contribution in [3.8, 4) is 0 Å². The zero-order chi connectivity index (χ0) is 13.4. The third kappa shape index (κ3) is 6.01. The summed E-state index contributed by atoms with van der Waals surface area (Å²) in [7, 11) is 0. The summed E-state index contributed by atoms with van der Waals surface area (Å²) in [6, 6.07) is 10.0. The van der Waals surface area contributed by atoms with Crippen molar-refractivity contribution in [1.82, 2.24) is 0 Å². The fraction of sp³-hybridized carbons (Fsp3) is 0.267. The highest BCUT2D eigenvalue weighted by molar-refractivity contribution is 5.85. The van der Waals surface area contributed by atoms with Gasteiger partial charge in [0.1, 0.15) is 0 Å². The van der Waals surface area contributed by atoms with E-state index in [1.165, 1.54) is 5.56 Å². The van der Waals surface area contributed by atoms with Gasteiger partial charge in [-0.05, 0) is 18.9 Å². The molecule has 1 aliphatic heterocycles. The second kappa shape index (κ2) is 7.45. The normalized spacial score (nSPS) is 17.4. The van der Waals surface area contributed by atoms with Gasteiger partial charge in [-0.15, -0.1) is 0 Å². The smallest absolute Gasteiger partial charge is 0.330 e. The minimum Gasteiger partial charge on any atom is -0.478 e. The average molecular weight is 246 g/mol. The van der Waals surface area contributed by atoms with E-state index in [-0.39, 0.29) is 6.10 Å². The predicted molar refractivity (Wildman–Crippen MR) is 72.3 cm³/mol. The Bertz CT molecular complexity index is 417. The number of hydrogen-bond donors (Lipinski definition) is 1. The van der Waals surface area contributed by atoms with E-state index in [0.717, 1.165) is 13.0 Å². The summed E-state index contributed by atoms with van der Waals surface area (Å²) in [6.07, 6.45) is 4.55. The molecule has 0 amide bonds. The fourth-order valence-electron chi connectivity index (χ4n) is 1.19. The summed E-state index contributed by atoms with van der Waals surface area (Å²) in [6.45, 7) is 6.00. The van der Waals surface area contributed by atoms with Gasteiger partial charge in [0.15, 0.2) is 0 Å². The Balaban J connectivity index is 0.000000184. The summed E-state index contributed by atoms with van der Waals surface area (Å²) < 4.78 is 4.90. The molecule has 2 rings (SSSR count). The van der Waals surface area contributed by atoms with Crippen LogP contribution in [0.4, 0.5) is 0 Å². The van der Waals surface area contributed by atoms with Crippen molar-refractivity contribution < 1.29 is 14.6 Å². The molecule has 1 fully saturated rings. The van der Waals surface area contributed by atoms with Crippen molar-refractivity contribution in [2.75, 3.05) is 6.61 Å². The molecule has 0 aromatic heterocycles. The molecule has 0 spiro atoms. The molecule has 0 aliphatic carbocycles. The van der Waals surface area contributed by atoms with Gasteiger partial charge in [-0.1, -0.05) is 49.1 Å². The maximum absolute atomic E-state index is 10.2. The van der Waals surface area contributed by atoms with Gasteiger partial charge >= 0.3 is 5.97 Å². The van der Waals surface area contributed by atoms with Crippen LogP contribution in [0.3, 0.4) is 0 Å². The van der Waals surface area contributed by atoms with Crippen molar-refractivity contribution in [3.05, 3.63) is 54.1 Å². The molecule has 3 heteroatoms. The van der Waals surface area contributed by atoms with Gasteiger partial charge in [0, 0.05) is 5.57 Å². The molecule has 3 nitrogen and oxygen atoms in total. The molecule has 96 valence electrons. The van der Waals surface area contributed by atoms with Crippen molar-refractivity contribution >= 4 is 12.0 Å².